The molecule has 0 aromatic carbocycles. The van der Waals surface area contributed by atoms with Gasteiger partial charge in [-0.25, -0.2) is 0 Å². The van der Waals surface area contributed by atoms with E-state index in [-0.39, 0.29) is 6.10 Å². The highest BCUT2D eigenvalue weighted by Gasteiger charge is 2.18. The van der Waals surface area contributed by atoms with Gasteiger partial charge in [0.05, 0.1) is 6.10 Å². The fraction of sp³-hybridized carbons (Fsp3) is 0.750. The molecule has 1 aliphatic heterocycles. The van der Waals surface area contributed by atoms with E-state index in [1.165, 1.54) is 49.9 Å². The van der Waals surface area contributed by atoms with Crippen LogP contribution in [-0.4, -0.2) is 34.2 Å². The summed E-state index contributed by atoms with van der Waals surface area (Å²) in [5.74, 6) is 0. The normalized spacial score (nSPS) is 25.0. The molecular formula is C16H26N2O. The number of rotatable bonds is 3. The van der Waals surface area contributed by atoms with Crippen molar-refractivity contribution in [1.29, 1.82) is 0 Å². The number of aliphatic hydroxyl groups is 1. The van der Waals surface area contributed by atoms with Crippen molar-refractivity contribution in [2.24, 2.45) is 0 Å². The molecule has 1 N–H and O–H groups in total. The van der Waals surface area contributed by atoms with Gasteiger partial charge in [0.2, 0.25) is 0 Å². The molecule has 1 unspecified atom stereocenters. The number of hydrogen-bond acceptors (Lipinski definition) is 2. The molecule has 3 rings (SSSR count). The molecule has 0 saturated carbocycles. The second-order valence-corrected chi connectivity index (χ2v) is 6.14. The van der Waals surface area contributed by atoms with Crippen molar-refractivity contribution in [3.05, 3.63) is 23.5 Å². The summed E-state index contributed by atoms with van der Waals surface area (Å²) < 4.78 is 2.30. The standard InChI is InChI=1S/C16H26N2O/c19-16-7-3-2-6-14-12-18(13-15(14)16)11-10-17-8-4-1-5-9-17/h12-13,16,19H,1-11H2. The zero-order valence-corrected chi connectivity index (χ0v) is 11.9. The highest BCUT2D eigenvalue weighted by atomic mass is 16.3. The third-order valence-electron chi connectivity index (χ3n) is 4.65. The predicted octanol–water partition coefficient (Wildman–Crippen LogP) is 2.73. The summed E-state index contributed by atoms with van der Waals surface area (Å²) in [5.41, 5.74) is 2.57. The molecule has 0 spiro atoms. The molecule has 1 aliphatic carbocycles. The number of aryl methyl sites for hydroxylation is 1. The Morgan fingerprint density at radius 2 is 1.84 bits per heavy atom. The summed E-state index contributed by atoms with van der Waals surface area (Å²) in [6.07, 6.45) is 12.8. The second kappa shape index (κ2) is 6.10. The molecule has 106 valence electrons. The topological polar surface area (TPSA) is 28.4 Å². The molecule has 1 saturated heterocycles. The first-order valence-electron chi connectivity index (χ1n) is 7.92. The number of fused-ring (bicyclic) bond motifs is 1. The predicted molar refractivity (Wildman–Crippen MR) is 77.2 cm³/mol. The highest BCUT2D eigenvalue weighted by molar-refractivity contribution is 5.28. The van der Waals surface area contributed by atoms with Gasteiger partial charge >= 0.3 is 0 Å². The lowest BCUT2D eigenvalue weighted by Crippen LogP contribution is -2.32. The van der Waals surface area contributed by atoms with E-state index in [0.29, 0.717) is 0 Å². The number of hydrogen-bond donors (Lipinski definition) is 1. The second-order valence-electron chi connectivity index (χ2n) is 6.14. The first kappa shape index (κ1) is 13.2. The van der Waals surface area contributed by atoms with Gasteiger partial charge in [0, 0.05) is 31.0 Å². The SMILES string of the molecule is OC1CCCCc2cn(CCN3CCCCC3)cc21. The quantitative estimate of drug-likeness (QED) is 0.848. The van der Waals surface area contributed by atoms with E-state index in [4.69, 9.17) is 0 Å². The Kier molecular flexibility index (Phi) is 4.24. The molecule has 19 heavy (non-hydrogen) atoms. The van der Waals surface area contributed by atoms with Crippen LogP contribution >= 0.6 is 0 Å². The lowest BCUT2D eigenvalue weighted by atomic mass is 10.1. The molecule has 1 aromatic heterocycles. The fourth-order valence-corrected chi connectivity index (χ4v) is 3.46. The average molecular weight is 262 g/mol. The Morgan fingerprint density at radius 3 is 2.68 bits per heavy atom. The van der Waals surface area contributed by atoms with Crippen LogP contribution in [0.4, 0.5) is 0 Å². The van der Waals surface area contributed by atoms with E-state index < -0.39 is 0 Å². The molecule has 2 heterocycles. The van der Waals surface area contributed by atoms with Gasteiger partial charge in [0.15, 0.2) is 0 Å². The van der Waals surface area contributed by atoms with Crippen LogP contribution in [0, 0.1) is 0 Å². The van der Waals surface area contributed by atoms with Crippen LogP contribution in [0.25, 0.3) is 0 Å². The third kappa shape index (κ3) is 3.21. The largest absolute Gasteiger partial charge is 0.388 e. The summed E-state index contributed by atoms with van der Waals surface area (Å²) in [5, 5.41) is 10.1. The minimum atomic E-state index is -0.228. The molecule has 1 atom stereocenters. The summed E-state index contributed by atoms with van der Waals surface area (Å²) in [4.78, 5) is 2.57. The molecule has 0 bridgehead atoms. The lowest BCUT2D eigenvalue weighted by molar-refractivity contribution is 0.166. The van der Waals surface area contributed by atoms with E-state index in [1.54, 1.807) is 0 Å². The monoisotopic (exact) mass is 262 g/mol. The first-order valence-corrected chi connectivity index (χ1v) is 7.92. The Labute approximate surface area is 116 Å². The summed E-state index contributed by atoms with van der Waals surface area (Å²) >= 11 is 0. The van der Waals surface area contributed by atoms with Crippen LogP contribution in [0.5, 0.6) is 0 Å². The van der Waals surface area contributed by atoms with Crippen LogP contribution in [0.2, 0.25) is 0 Å². The van der Waals surface area contributed by atoms with Gasteiger partial charge in [0.1, 0.15) is 0 Å². The van der Waals surface area contributed by atoms with Crippen molar-refractivity contribution < 1.29 is 5.11 Å². The number of aromatic nitrogens is 1. The van der Waals surface area contributed by atoms with E-state index >= 15 is 0 Å². The maximum atomic E-state index is 10.1. The Balaban J connectivity index is 1.60. The van der Waals surface area contributed by atoms with Crippen molar-refractivity contribution in [2.75, 3.05) is 19.6 Å². The van der Waals surface area contributed by atoms with Crippen LogP contribution in [0.15, 0.2) is 12.4 Å². The van der Waals surface area contributed by atoms with Gasteiger partial charge < -0.3 is 14.6 Å². The minimum absolute atomic E-state index is 0.228. The molecule has 1 fully saturated rings. The van der Waals surface area contributed by atoms with Gasteiger partial charge in [-0.3, -0.25) is 0 Å². The summed E-state index contributed by atoms with van der Waals surface area (Å²) in [6, 6.07) is 0. The minimum Gasteiger partial charge on any atom is -0.388 e. The fourth-order valence-electron chi connectivity index (χ4n) is 3.46. The van der Waals surface area contributed by atoms with Crippen molar-refractivity contribution in [3.8, 4) is 0 Å². The number of likely N-dealkylation sites (tertiary alicyclic amines) is 1. The summed E-state index contributed by atoms with van der Waals surface area (Å²) in [7, 11) is 0. The maximum Gasteiger partial charge on any atom is 0.0807 e. The van der Waals surface area contributed by atoms with Gasteiger partial charge in [-0.1, -0.05) is 12.8 Å². The van der Waals surface area contributed by atoms with Gasteiger partial charge in [-0.2, -0.15) is 0 Å². The number of aliphatic hydroxyl groups excluding tert-OH is 1. The molecular weight excluding hydrogens is 236 g/mol. The Bertz CT molecular complexity index is 407. The Hall–Kier alpha value is -0.800. The van der Waals surface area contributed by atoms with Crippen LogP contribution in [0.3, 0.4) is 0 Å². The lowest BCUT2D eigenvalue weighted by Gasteiger charge is -2.26. The number of nitrogens with zero attached hydrogens (tertiary/aromatic N) is 2. The third-order valence-corrected chi connectivity index (χ3v) is 4.65. The molecule has 3 nitrogen and oxygen atoms in total. The van der Waals surface area contributed by atoms with Crippen LogP contribution in [0.1, 0.15) is 55.8 Å². The molecule has 3 heteroatoms. The summed E-state index contributed by atoms with van der Waals surface area (Å²) in [6.45, 7) is 4.76. The van der Waals surface area contributed by atoms with Crippen molar-refractivity contribution in [1.82, 2.24) is 9.47 Å². The zero-order valence-electron chi connectivity index (χ0n) is 11.9. The number of piperidine rings is 1. The highest BCUT2D eigenvalue weighted by Crippen LogP contribution is 2.29. The van der Waals surface area contributed by atoms with E-state index in [2.05, 4.69) is 21.9 Å². The van der Waals surface area contributed by atoms with Crippen LogP contribution < -0.4 is 0 Å². The molecule has 0 radical (unpaired) electrons. The van der Waals surface area contributed by atoms with Gasteiger partial charge in [-0.15, -0.1) is 0 Å². The van der Waals surface area contributed by atoms with E-state index in [0.717, 1.165) is 32.4 Å². The maximum absolute atomic E-state index is 10.1. The van der Waals surface area contributed by atoms with Crippen molar-refractivity contribution in [2.45, 2.75) is 57.6 Å². The van der Waals surface area contributed by atoms with Crippen molar-refractivity contribution in [3.63, 3.8) is 0 Å². The zero-order chi connectivity index (χ0) is 13.1. The van der Waals surface area contributed by atoms with Crippen molar-refractivity contribution >= 4 is 0 Å². The first-order chi connectivity index (χ1) is 9.33. The average Bonchev–Trinajstić information content (AvgIpc) is 2.78. The molecule has 2 aliphatic rings. The van der Waals surface area contributed by atoms with Crippen LogP contribution in [-0.2, 0) is 13.0 Å². The van der Waals surface area contributed by atoms with Gasteiger partial charge in [0.25, 0.3) is 0 Å². The van der Waals surface area contributed by atoms with E-state index in [1.807, 2.05) is 0 Å². The molecule has 1 aromatic rings. The van der Waals surface area contributed by atoms with E-state index in [9.17, 15) is 5.11 Å². The van der Waals surface area contributed by atoms with Gasteiger partial charge in [-0.05, 0) is 50.8 Å². The smallest absolute Gasteiger partial charge is 0.0807 e. The Morgan fingerprint density at radius 1 is 1.00 bits per heavy atom. The molecule has 0 amide bonds.